The van der Waals surface area contributed by atoms with Gasteiger partial charge in [0, 0.05) is 18.7 Å². The number of nitrogens with one attached hydrogen (secondary N) is 1. The van der Waals surface area contributed by atoms with Crippen molar-refractivity contribution < 1.29 is 12.8 Å². The van der Waals surface area contributed by atoms with Gasteiger partial charge in [-0.2, -0.15) is 4.31 Å². The first-order valence-corrected chi connectivity index (χ1v) is 8.76. The molecule has 0 aromatic carbocycles. The molecule has 114 valence electrons. The van der Waals surface area contributed by atoms with Gasteiger partial charge < -0.3 is 9.73 Å². The van der Waals surface area contributed by atoms with E-state index in [2.05, 4.69) is 5.32 Å². The molecule has 1 aromatic heterocycles. The molecule has 20 heavy (non-hydrogen) atoms. The van der Waals surface area contributed by atoms with Gasteiger partial charge in [-0.25, -0.2) is 8.42 Å². The third-order valence-corrected chi connectivity index (χ3v) is 5.52. The van der Waals surface area contributed by atoms with Gasteiger partial charge in [0.15, 0.2) is 0 Å². The van der Waals surface area contributed by atoms with Crippen LogP contribution in [0.2, 0.25) is 0 Å². The summed E-state index contributed by atoms with van der Waals surface area (Å²) in [6.45, 7) is 7.70. The lowest BCUT2D eigenvalue weighted by Gasteiger charge is -2.20. The highest BCUT2D eigenvalue weighted by Crippen LogP contribution is 2.33. The van der Waals surface area contributed by atoms with E-state index in [4.69, 9.17) is 4.42 Å². The van der Waals surface area contributed by atoms with E-state index in [9.17, 15) is 8.42 Å². The minimum atomic E-state index is -3.42. The van der Waals surface area contributed by atoms with E-state index in [1.807, 2.05) is 13.8 Å². The van der Waals surface area contributed by atoms with Gasteiger partial charge in [-0.1, -0.05) is 13.8 Å². The second-order valence-corrected chi connectivity index (χ2v) is 7.12. The molecule has 2 rings (SSSR count). The zero-order valence-electron chi connectivity index (χ0n) is 12.5. The Morgan fingerprint density at radius 2 is 2.10 bits per heavy atom. The Morgan fingerprint density at radius 1 is 1.40 bits per heavy atom. The van der Waals surface area contributed by atoms with Crippen molar-refractivity contribution in [3.8, 4) is 0 Å². The van der Waals surface area contributed by atoms with Crippen molar-refractivity contribution in [2.24, 2.45) is 0 Å². The maximum atomic E-state index is 12.8. The molecule has 1 saturated carbocycles. The smallest absolute Gasteiger partial charge is 0.246 e. The number of rotatable bonds is 8. The fraction of sp³-hybridized carbons (Fsp3) is 0.714. The number of hydrogen-bond donors (Lipinski definition) is 1. The number of nitrogens with zero attached hydrogens (tertiary/aromatic N) is 1. The van der Waals surface area contributed by atoms with Crippen LogP contribution in [0.4, 0.5) is 0 Å². The van der Waals surface area contributed by atoms with Gasteiger partial charge in [-0.3, -0.25) is 0 Å². The minimum Gasteiger partial charge on any atom is -0.464 e. The largest absolute Gasteiger partial charge is 0.464 e. The highest BCUT2D eigenvalue weighted by molar-refractivity contribution is 7.89. The summed E-state index contributed by atoms with van der Waals surface area (Å²) in [6.07, 6.45) is 2.78. The third-order valence-electron chi connectivity index (χ3n) is 3.46. The molecule has 6 heteroatoms. The summed E-state index contributed by atoms with van der Waals surface area (Å²) in [4.78, 5) is 0.325. The van der Waals surface area contributed by atoms with Gasteiger partial charge in [0.25, 0.3) is 0 Å². The predicted octanol–water partition coefficient (Wildman–Crippen LogP) is 2.26. The molecular formula is C14H24N2O3S. The van der Waals surface area contributed by atoms with E-state index in [0.717, 1.165) is 25.8 Å². The molecule has 0 aliphatic heterocycles. The Kier molecular flexibility index (Phi) is 4.88. The molecule has 0 bridgehead atoms. The quantitative estimate of drug-likeness (QED) is 0.800. The van der Waals surface area contributed by atoms with Crippen molar-refractivity contribution in [2.45, 2.75) is 57.5 Å². The summed E-state index contributed by atoms with van der Waals surface area (Å²) < 4.78 is 32.7. The fourth-order valence-corrected chi connectivity index (χ4v) is 4.29. The summed E-state index contributed by atoms with van der Waals surface area (Å²) in [5.41, 5.74) is 0. The van der Waals surface area contributed by atoms with E-state index >= 15 is 0 Å². The summed E-state index contributed by atoms with van der Waals surface area (Å²) in [6, 6.07) is 1.85. The van der Waals surface area contributed by atoms with Crippen LogP contribution in [-0.2, 0) is 16.6 Å². The van der Waals surface area contributed by atoms with Crippen LogP contribution < -0.4 is 5.32 Å². The van der Waals surface area contributed by atoms with Crippen molar-refractivity contribution in [2.75, 3.05) is 13.1 Å². The van der Waals surface area contributed by atoms with Gasteiger partial charge in [0.1, 0.15) is 16.4 Å². The summed E-state index contributed by atoms with van der Waals surface area (Å²) >= 11 is 0. The number of sulfonamides is 1. The highest BCUT2D eigenvalue weighted by atomic mass is 32.2. The molecule has 0 radical (unpaired) electrons. The number of aryl methyl sites for hydroxylation is 1. The van der Waals surface area contributed by atoms with Crippen LogP contribution in [0.1, 0.15) is 44.6 Å². The van der Waals surface area contributed by atoms with Gasteiger partial charge in [-0.15, -0.1) is 0 Å². The molecule has 0 spiro atoms. The minimum absolute atomic E-state index is 0.187. The Bertz CT molecular complexity index is 547. The molecule has 1 aliphatic rings. The van der Waals surface area contributed by atoms with Crippen LogP contribution in [0.3, 0.4) is 0 Å². The zero-order valence-corrected chi connectivity index (χ0v) is 13.3. The normalized spacial score (nSPS) is 16.0. The van der Waals surface area contributed by atoms with Gasteiger partial charge >= 0.3 is 0 Å². The lowest BCUT2D eigenvalue weighted by molar-refractivity contribution is 0.401. The topological polar surface area (TPSA) is 62.6 Å². The van der Waals surface area contributed by atoms with E-state index < -0.39 is 10.0 Å². The van der Waals surface area contributed by atoms with Crippen molar-refractivity contribution in [1.29, 1.82) is 0 Å². The van der Waals surface area contributed by atoms with Gasteiger partial charge in [0.05, 0.1) is 6.54 Å². The summed E-state index contributed by atoms with van der Waals surface area (Å²) in [5, 5.41) is 3.14. The van der Waals surface area contributed by atoms with Crippen molar-refractivity contribution in [3.63, 3.8) is 0 Å². The first-order valence-electron chi connectivity index (χ1n) is 7.32. The van der Waals surface area contributed by atoms with E-state index in [-0.39, 0.29) is 6.04 Å². The second-order valence-electron chi connectivity index (χ2n) is 5.26. The monoisotopic (exact) mass is 300 g/mol. The maximum Gasteiger partial charge on any atom is 0.246 e. The maximum absolute atomic E-state index is 12.8. The van der Waals surface area contributed by atoms with Crippen molar-refractivity contribution >= 4 is 10.0 Å². The highest BCUT2D eigenvalue weighted by Gasteiger charge is 2.38. The average molecular weight is 300 g/mol. The summed E-state index contributed by atoms with van der Waals surface area (Å²) in [7, 11) is -3.42. The first-order chi connectivity index (χ1) is 9.50. The van der Waals surface area contributed by atoms with Crippen LogP contribution in [0.5, 0.6) is 0 Å². The van der Waals surface area contributed by atoms with Gasteiger partial charge in [0.2, 0.25) is 10.0 Å². The third kappa shape index (κ3) is 3.24. The zero-order chi connectivity index (χ0) is 14.8. The molecular weight excluding hydrogens is 276 g/mol. The van der Waals surface area contributed by atoms with Crippen LogP contribution in [0, 0.1) is 6.92 Å². The lowest BCUT2D eigenvalue weighted by atomic mass is 10.4. The predicted molar refractivity (Wildman–Crippen MR) is 78.0 cm³/mol. The first kappa shape index (κ1) is 15.5. The molecule has 0 atom stereocenters. The Morgan fingerprint density at radius 3 is 2.65 bits per heavy atom. The Balaban J connectivity index is 2.25. The lowest BCUT2D eigenvalue weighted by Crippen LogP contribution is -2.34. The standard InChI is InChI=1S/C14H24N2O3S/c1-4-8-16(12-6-7-12)20(17,18)14-9-13(10-15-5-2)19-11(14)3/h9,12,15H,4-8,10H2,1-3H3. The molecule has 1 aromatic rings. The molecule has 1 fully saturated rings. The summed E-state index contributed by atoms with van der Waals surface area (Å²) in [5.74, 6) is 1.16. The molecule has 1 heterocycles. The van der Waals surface area contributed by atoms with E-state index in [1.165, 1.54) is 0 Å². The van der Waals surface area contributed by atoms with Crippen molar-refractivity contribution in [1.82, 2.24) is 9.62 Å². The number of furan rings is 1. The van der Waals surface area contributed by atoms with Crippen LogP contribution in [0.15, 0.2) is 15.4 Å². The average Bonchev–Trinajstić information content (AvgIpc) is 3.16. The molecule has 1 aliphatic carbocycles. The van der Waals surface area contributed by atoms with Crippen molar-refractivity contribution in [3.05, 3.63) is 17.6 Å². The van der Waals surface area contributed by atoms with Gasteiger partial charge in [-0.05, 0) is 32.7 Å². The van der Waals surface area contributed by atoms with Crippen LogP contribution in [-0.4, -0.2) is 31.9 Å². The van der Waals surface area contributed by atoms with E-state index in [0.29, 0.717) is 29.5 Å². The molecule has 5 nitrogen and oxygen atoms in total. The molecule has 0 unspecified atom stereocenters. The molecule has 1 N–H and O–H groups in total. The van der Waals surface area contributed by atoms with Crippen LogP contribution >= 0.6 is 0 Å². The molecule has 0 amide bonds. The second kappa shape index (κ2) is 6.28. The molecule has 0 saturated heterocycles. The van der Waals surface area contributed by atoms with E-state index in [1.54, 1.807) is 17.3 Å². The Hall–Kier alpha value is -0.850. The SMILES string of the molecule is CCCN(C1CC1)S(=O)(=O)c1cc(CNCC)oc1C. The van der Waals surface area contributed by atoms with Crippen LogP contribution in [0.25, 0.3) is 0 Å². The Labute approximate surface area is 121 Å². The fourth-order valence-electron chi connectivity index (χ4n) is 2.32. The number of hydrogen-bond acceptors (Lipinski definition) is 4.